The van der Waals surface area contributed by atoms with Gasteiger partial charge in [0.15, 0.2) is 0 Å². The third-order valence-corrected chi connectivity index (χ3v) is 5.07. The molecular formula is C17H35N3O. The van der Waals surface area contributed by atoms with Crippen LogP contribution in [0.25, 0.3) is 0 Å². The predicted octanol–water partition coefficient (Wildman–Crippen LogP) is 1.69. The van der Waals surface area contributed by atoms with Crippen LogP contribution in [0, 0.1) is 0 Å². The molecule has 0 aromatic carbocycles. The predicted molar refractivity (Wildman–Crippen MR) is 88.7 cm³/mol. The first kappa shape index (κ1) is 17.2. The summed E-state index contributed by atoms with van der Waals surface area (Å²) in [6, 6.07) is 0.932. The van der Waals surface area contributed by atoms with Crippen molar-refractivity contribution in [3.63, 3.8) is 0 Å². The summed E-state index contributed by atoms with van der Waals surface area (Å²) in [6.45, 7) is 11.8. The minimum atomic E-state index is -0.0827. The first-order chi connectivity index (χ1) is 10.2. The Morgan fingerprint density at radius 1 is 1.14 bits per heavy atom. The van der Waals surface area contributed by atoms with Crippen LogP contribution < -0.4 is 5.32 Å². The third kappa shape index (κ3) is 5.85. The molecule has 124 valence electrons. The Bertz CT molecular complexity index is 288. The normalized spacial score (nSPS) is 24.1. The molecule has 1 atom stereocenters. The van der Waals surface area contributed by atoms with Gasteiger partial charge in [0, 0.05) is 37.8 Å². The second-order valence-electron chi connectivity index (χ2n) is 7.21. The van der Waals surface area contributed by atoms with Gasteiger partial charge >= 0.3 is 0 Å². The van der Waals surface area contributed by atoms with Crippen LogP contribution in [0.4, 0.5) is 0 Å². The molecule has 1 heterocycles. The maximum Gasteiger partial charge on any atom is 0.0610 e. The molecule has 1 saturated heterocycles. The van der Waals surface area contributed by atoms with Crippen molar-refractivity contribution >= 4 is 0 Å². The van der Waals surface area contributed by atoms with E-state index in [1.807, 2.05) is 0 Å². The second-order valence-corrected chi connectivity index (χ2v) is 7.21. The highest BCUT2D eigenvalue weighted by Crippen LogP contribution is 2.27. The highest BCUT2D eigenvalue weighted by Gasteiger charge is 2.31. The molecule has 2 N–H and O–H groups in total. The number of nitrogens with one attached hydrogen (secondary N) is 1. The zero-order valence-electron chi connectivity index (χ0n) is 14.1. The van der Waals surface area contributed by atoms with E-state index in [9.17, 15) is 5.11 Å². The van der Waals surface area contributed by atoms with Crippen LogP contribution in [0.2, 0.25) is 0 Å². The van der Waals surface area contributed by atoms with E-state index in [1.54, 1.807) is 0 Å². The lowest BCUT2D eigenvalue weighted by atomic mass is 9.95. The molecule has 0 radical (unpaired) electrons. The van der Waals surface area contributed by atoms with E-state index in [0.717, 1.165) is 25.4 Å². The van der Waals surface area contributed by atoms with Gasteiger partial charge in [-0.15, -0.1) is 0 Å². The first-order valence-electron chi connectivity index (χ1n) is 8.99. The summed E-state index contributed by atoms with van der Waals surface area (Å²) < 4.78 is 0. The van der Waals surface area contributed by atoms with E-state index >= 15 is 0 Å². The lowest BCUT2D eigenvalue weighted by Gasteiger charge is -2.35. The Kier molecular flexibility index (Phi) is 6.93. The van der Waals surface area contributed by atoms with Crippen molar-refractivity contribution in [2.24, 2.45) is 0 Å². The molecule has 0 amide bonds. The number of nitrogens with zero attached hydrogens (tertiary/aromatic N) is 2. The summed E-state index contributed by atoms with van der Waals surface area (Å²) in [5, 5.41) is 13.1. The quantitative estimate of drug-likeness (QED) is 0.602. The van der Waals surface area contributed by atoms with Crippen molar-refractivity contribution in [2.75, 3.05) is 45.9 Å². The van der Waals surface area contributed by atoms with E-state index in [2.05, 4.69) is 29.0 Å². The van der Waals surface area contributed by atoms with Crippen LogP contribution in [0.1, 0.15) is 52.4 Å². The van der Waals surface area contributed by atoms with E-state index in [-0.39, 0.29) is 12.1 Å². The molecule has 1 aliphatic heterocycles. The van der Waals surface area contributed by atoms with Crippen molar-refractivity contribution in [1.29, 1.82) is 0 Å². The molecule has 0 aromatic heterocycles. The summed E-state index contributed by atoms with van der Waals surface area (Å²) in [4.78, 5) is 5.29. The number of unbranched alkanes of at least 4 members (excludes halogenated alkanes) is 1. The highest BCUT2D eigenvalue weighted by atomic mass is 16.3. The van der Waals surface area contributed by atoms with E-state index in [1.165, 1.54) is 58.4 Å². The molecule has 0 spiro atoms. The average Bonchev–Trinajstić information content (AvgIpc) is 3.35. The number of hydrogen-bond acceptors (Lipinski definition) is 4. The van der Waals surface area contributed by atoms with Crippen LogP contribution in [-0.2, 0) is 0 Å². The minimum absolute atomic E-state index is 0.0827. The van der Waals surface area contributed by atoms with Crippen LogP contribution in [0.5, 0.6) is 0 Å². The van der Waals surface area contributed by atoms with Gasteiger partial charge in [-0.3, -0.25) is 4.90 Å². The number of hydrogen-bond donors (Lipinski definition) is 2. The maximum atomic E-state index is 9.57. The fourth-order valence-corrected chi connectivity index (χ4v) is 3.29. The van der Waals surface area contributed by atoms with Crippen molar-refractivity contribution in [1.82, 2.24) is 15.1 Å². The summed E-state index contributed by atoms with van der Waals surface area (Å²) >= 11 is 0. The van der Waals surface area contributed by atoms with Crippen LogP contribution >= 0.6 is 0 Å². The third-order valence-electron chi connectivity index (χ3n) is 5.07. The first-order valence-corrected chi connectivity index (χ1v) is 8.99. The Morgan fingerprint density at radius 2 is 1.86 bits per heavy atom. The zero-order chi connectivity index (χ0) is 15.1. The molecule has 0 aromatic rings. The molecule has 0 bridgehead atoms. The Morgan fingerprint density at radius 3 is 2.43 bits per heavy atom. The van der Waals surface area contributed by atoms with Gasteiger partial charge in [0.1, 0.15) is 0 Å². The monoisotopic (exact) mass is 297 g/mol. The summed E-state index contributed by atoms with van der Waals surface area (Å²) in [5.41, 5.74) is -0.0827. The lowest BCUT2D eigenvalue weighted by Crippen LogP contribution is -2.47. The van der Waals surface area contributed by atoms with Crippen LogP contribution in [0.3, 0.4) is 0 Å². The van der Waals surface area contributed by atoms with Gasteiger partial charge in [-0.1, -0.05) is 13.3 Å². The number of piperazine rings is 1. The molecule has 2 fully saturated rings. The molecule has 4 heteroatoms. The molecule has 1 unspecified atom stereocenters. The highest BCUT2D eigenvalue weighted by molar-refractivity contribution is 4.87. The van der Waals surface area contributed by atoms with Crippen molar-refractivity contribution in [3.05, 3.63) is 0 Å². The molecule has 4 nitrogen and oxygen atoms in total. The minimum Gasteiger partial charge on any atom is -0.394 e. The largest absolute Gasteiger partial charge is 0.394 e. The second kappa shape index (κ2) is 8.47. The summed E-state index contributed by atoms with van der Waals surface area (Å²) in [5.74, 6) is 0. The molecule has 21 heavy (non-hydrogen) atoms. The fraction of sp³-hybridized carbons (Fsp3) is 1.00. The molecular weight excluding hydrogens is 262 g/mol. The molecule has 2 aliphatic rings. The van der Waals surface area contributed by atoms with Gasteiger partial charge < -0.3 is 15.3 Å². The van der Waals surface area contributed by atoms with Gasteiger partial charge in [-0.05, 0) is 52.1 Å². The van der Waals surface area contributed by atoms with Crippen molar-refractivity contribution in [2.45, 2.75) is 64.0 Å². The van der Waals surface area contributed by atoms with Gasteiger partial charge in [-0.2, -0.15) is 0 Å². The van der Waals surface area contributed by atoms with E-state index in [0.29, 0.717) is 0 Å². The molecule has 2 rings (SSSR count). The van der Waals surface area contributed by atoms with Gasteiger partial charge in [0.25, 0.3) is 0 Å². The average molecular weight is 297 g/mol. The lowest BCUT2D eigenvalue weighted by molar-refractivity contribution is 0.122. The number of rotatable bonds is 10. The van der Waals surface area contributed by atoms with Crippen LogP contribution in [-0.4, -0.2) is 72.4 Å². The van der Waals surface area contributed by atoms with Gasteiger partial charge in [0.05, 0.1) is 6.61 Å². The topological polar surface area (TPSA) is 38.7 Å². The maximum absolute atomic E-state index is 9.57. The number of aliphatic hydroxyl groups is 1. The summed E-state index contributed by atoms with van der Waals surface area (Å²) in [6.07, 6.45) is 7.53. The van der Waals surface area contributed by atoms with Gasteiger partial charge in [-0.25, -0.2) is 0 Å². The zero-order valence-corrected chi connectivity index (χ0v) is 14.1. The van der Waals surface area contributed by atoms with Crippen molar-refractivity contribution < 1.29 is 5.11 Å². The Balaban J connectivity index is 1.54. The van der Waals surface area contributed by atoms with E-state index in [4.69, 9.17) is 0 Å². The SMILES string of the molecule is CCCNC(C)(CO)CCCCN1CCN(C2CC2)CC1. The van der Waals surface area contributed by atoms with E-state index < -0.39 is 0 Å². The smallest absolute Gasteiger partial charge is 0.0610 e. The molecule has 1 aliphatic carbocycles. The Labute approximate surface area is 130 Å². The number of aliphatic hydroxyl groups excluding tert-OH is 1. The fourth-order valence-electron chi connectivity index (χ4n) is 3.29. The molecule has 1 saturated carbocycles. The standard InChI is InChI=1S/C17H35N3O/c1-3-9-18-17(2,15-21)8-4-5-10-19-11-13-20(14-12-19)16-6-7-16/h16,18,21H,3-15H2,1-2H3. The Hall–Kier alpha value is -0.160. The van der Waals surface area contributed by atoms with Crippen molar-refractivity contribution in [3.8, 4) is 0 Å². The van der Waals surface area contributed by atoms with Crippen LogP contribution in [0.15, 0.2) is 0 Å². The summed E-state index contributed by atoms with van der Waals surface area (Å²) in [7, 11) is 0. The van der Waals surface area contributed by atoms with Gasteiger partial charge in [0.2, 0.25) is 0 Å².